The molecule has 0 aromatic heterocycles. The van der Waals surface area contributed by atoms with Crippen molar-refractivity contribution in [3.63, 3.8) is 0 Å². The van der Waals surface area contributed by atoms with Crippen LogP contribution in [0.15, 0.2) is 53.6 Å². The van der Waals surface area contributed by atoms with E-state index in [0.29, 0.717) is 11.4 Å². The van der Waals surface area contributed by atoms with Crippen LogP contribution in [0.25, 0.3) is 0 Å². The molecule has 118 valence electrons. The molecule has 0 aliphatic rings. The highest BCUT2D eigenvalue weighted by Crippen LogP contribution is 2.16. The van der Waals surface area contributed by atoms with E-state index in [-0.39, 0.29) is 0 Å². The maximum absolute atomic E-state index is 11.8. The predicted octanol–water partition coefficient (Wildman–Crippen LogP) is 2.09. The Hall–Kier alpha value is -3.15. The van der Waals surface area contributed by atoms with Gasteiger partial charge in [0, 0.05) is 11.8 Å². The lowest BCUT2D eigenvalue weighted by Crippen LogP contribution is -2.32. The molecule has 2 N–H and O–H groups in total. The predicted molar refractivity (Wildman–Crippen MR) is 88.5 cm³/mol. The van der Waals surface area contributed by atoms with Gasteiger partial charge in [-0.05, 0) is 24.6 Å². The van der Waals surface area contributed by atoms with E-state index in [9.17, 15) is 9.59 Å². The van der Waals surface area contributed by atoms with Crippen molar-refractivity contribution in [2.45, 2.75) is 6.92 Å². The highest BCUT2D eigenvalue weighted by molar-refractivity contribution is 6.39. The van der Waals surface area contributed by atoms with Crippen LogP contribution < -0.4 is 15.5 Å². The summed E-state index contributed by atoms with van der Waals surface area (Å²) in [6, 6.07) is 14.3. The number of hydrogen-bond donors (Lipinski definition) is 2. The fourth-order valence-electron chi connectivity index (χ4n) is 1.76. The molecular formula is C17H17N3O3. The first-order valence-corrected chi connectivity index (χ1v) is 6.93. The molecule has 2 aromatic carbocycles. The van der Waals surface area contributed by atoms with Gasteiger partial charge in [-0.15, -0.1) is 0 Å². The molecule has 2 aromatic rings. The van der Waals surface area contributed by atoms with E-state index in [1.807, 2.05) is 31.2 Å². The average Bonchev–Trinajstić information content (AvgIpc) is 2.56. The number of nitrogens with one attached hydrogen (secondary N) is 2. The van der Waals surface area contributed by atoms with Crippen LogP contribution >= 0.6 is 0 Å². The SMILES string of the molecule is COc1cccc(NC(=O)C(=O)N/N=C/c2ccc(C)cc2)c1. The summed E-state index contributed by atoms with van der Waals surface area (Å²) >= 11 is 0. The first kappa shape index (κ1) is 16.2. The van der Waals surface area contributed by atoms with Gasteiger partial charge in [0.15, 0.2) is 0 Å². The third-order valence-corrected chi connectivity index (χ3v) is 2.99. The molecule has 0 saturated heterocycles. The average molecular weight is 311 g/mol. The number of rotatable bonds is 4. The van der Waals surface area contributed by atoms with Crippen molar-refractivity contribution in [1.29, 1.82) is 0 Å². The fourth-order valence-corrected chi connectivity index (χ4v) is 1.76. The second-order valence-electron chi connectivity index (χ2n) is 4.80. The second kappa shape index (κ2) is 7.74. The lowest BCUT2D eigenvalue weighted by atomic mass is 10.2. The van der Waals surface area contributed by atoms with E-state index in [1.165, 1.54) is 13.3 Å². The zero-order valence-corrected chi connectivity index (χ0v) is 12.9. The van der Waals surface area contributed by atoms with Gasteiger partial charge in [-0.2, -0.15) is 5.10 Å². The van der Waals surface area contributed by atoms with Crippen molar-refractivity contribution in [3.8, 4) is 5.75 Å². The summed E-state index contributed by atoms with van der Waals surface area (Å²) in [5.74, 6) is -1.07. The minimum absolute atomic E-state index is 0.465. The molecule has 0 heterocycles. The molecule has 0 unspecified atom stereocenters. The first-order chi connectivity index (χ1) is 11.1. The number of ether oxygens (including phenoxy) is 1. The van der Waals surface area contributed by atoms with Gasteiger partial charge in [-0.25, -0.2) is 5.43 Å². The molecule has 0 radical (unpaired) electrons. The van der Waals surface area contributed by atoms with Crippen LogP contribution in [-0.2, 0) is 9.59 Å². The van der Waals surface area contributed by atoms with Crippen LogP contribution in [0.3, 0.4) is 0 Å². The fraction of sp³-hybridized carbons (Fsp3) is 0.118. The molecule has 6 heteroatoms. The van der Waals surface area contributed by atoms with E-state index >= 15 is 0 Å². The lowest BCUT2D eigenvalue weighted by molar-refractivity contribution is -0.136. The van der Waals surface area contributed by atoms with Gasteiger partial charge in [0.05, 0.1) is 13.3 Å². The Bertz CT molecular complexity index is 724. The van der Waals surface area contributed by atoms with E-state index in [2.05, 4.69) is 15.8 Å². The molecular weight excluding hydrogens is 294 g/mol. The van der Waals surface area contributed by atoms with Crippen molar-refractivity contribution >= 4 is 23.7 Å². The molecule has 0 bridgehead atoms. The van der Waals surface area contributed by atoms with E-state index in [1.54, 1.807) is 24.3 Å². The van der Waals surface area contributed by atoms with E-state index in [4.69, 9.17) is 4.74 Å². The van der Waals surface area contributed by atoms with Crippen LogP contribution in [-0.4, -0.2) is 25.1 Å². The van der Waals surface area contributed by atoms with Gasteiger partial charge in [0.1, 0.15) is 5.75 Å². The Morgan fingerprint density at radius 3 is 2.52 bits per heavy atom. The van der Waals surface area contributed by atoms with Crippen LogP contribution in [0.2, 0.25) is 0 Å². The number of amides is 2. The number of anilines is 1. The number of aryl methyl sites for hydroxylation is 1. The zero-order valence-electron chi connectivity index (χ0n) is 12.9. The molecule has 0 aliphatic carbocycles. The monoisotopic (exact) mass is 311 g/mol. The van der Waals surface area contributed by atoms with Gasteiger partial charge in [-0.3, -0.25) is 9.59 Å². The number of carbonyl (C=O) groups is 2. The normalized spacial score (nSPS) is 10.3. The number of methoxy groups -OCH3 is 1. The highest BCUT2D eigenvalue weighted by Gasteiger charge is 2.12. The number of carbonyl (C=O) groups excluding carboxylic acids is 2. The van der Waals surface area contributed by atoms with Gasteiger partial charge >= 0.3 is 11.8 Å². The molecule has 0 fully saturated rings. The molecule has 2 rings (SSSR count). The van der Waals surface area contributed by atoms with Crippen LogP contribution in [0, 0.1) is 6.92 Å². The number of hydrazone groups is 1. The largest absolute Gasteiger partial charge is 0.497 e. The zero-order chi connectivity index (χ0) is 16.7. The molecule has 0 spiro atoms. The molecule has 2 amide bonds. The first-order valence-electron chi connectivity index (χ1n) is 6.93. The molecule has 6 nitrogen and oxygen atoms in total. The van der Waals surface area contributed by atoms with Crippen molar-refractivity contribution in [2.75, 3.05) is 12.4 Å². The van der Waals surface area contributed by atoms with E-state index in [0.717, 1.165) is 11.1 Å². The Labute approximate surface area is 134 Å². The van der Waals surface area contributed by atoms with Crippen LogP contribution in [0.1, 0.15) is 11.1 Å². The third kappa shape index (κ3) is 4.96. The quantitative estimate of drug-likeness (QED) is 0.515. The van der Waals surface area contributed by atoms with Crippen LogP contribution in [0.5, 0.6) is 5.75 Å². The lowest BCUT2D eigenvalue weighted by Gasteiger charge is -2.05. The Morgan fingerprint density at radius 2 is 1.83 bits per heavy atom. The Balaban J connectivity index is 1.89. The summed E-state index contributed by atoms with van der Waals surface area (Å²) in [5, 5.41) is 6.23. The molecule has 0 saturated carbocycles. The van der Waals surface area contributed by atoms with Gasteiger partial charge in [-0.1, -0.05) is 35.9 Å². The van der Waals surface area contributed by atoms with Gasteiger partial charge in [0.2, 0.25) is 0 Å². The van der Waals surface area contributed by atoms with Crippen molar-refractivity contribution in [3.05, 3.63) is 59.7 Å². The molecule has 0 atom stereocenters. The maximum Gasteiger partial charge on any atom is 0.329 e. The van der Waals surface area contributed by atoms with Crippen molar-refractivity contribution in [1.82, 2.24) is 5.43 Å². The second-order valence-corrected chi connectivity index (χ2v) is 4.80. The van der Waals surface area contributed by atoms with Crippen molar-refractivity contribution < 1.29 is 14.3 Å². The minimum Gasteiger partial charge on any atom is -0.497 e. The van der Waals surface area contributed by atoms with Crippen molar-refractivity contribution in [2.24, 2.45) is 5.10 Å². The minimum atomic E-state index is -0.851. The third-order valence-electron chi connectivity index (χ3n) is 2.99. The van der Waals surface area contributed by atoms with E-state index < -0.39 is 11.8 Å². The summed E-state index contributed by atoms with van der Waals surface area (Å²) in [6.45, 7) is 1.98. The summed E-state index contributed by atoms with van der Waals surface area (Å²) in [6.07, 6.45) is 1.47. The maximum atomic E-state index is 11.8. The van der Waals surface area contributed by atoms with Gasteiger partial charge < -0.3 is 10.1 Å². The summed E-state index contributed by atoms with van der Waals surface area (Å²) in [7, 11) is 1.52. The Kier molecular flexibility index (Phi) is 5.46. The molecule has 23 heavy (non-hydrogen) atoms. The Morgan fingerprint density at radius 1 is 1.09 bits per heavy atom. The number of benzene rings is 2. The number of hydrogen-bond acceptors (Lipinski definition) is 4. The topological polar surface area (TPSA) is 79.8 Å². The summed E-state index contributed by atoms with van der Waals surface area (Å²) in [4.78, 5) is 23.4. The van der Waals surface area contributed by atoms with Crippen LogP contribution in [0.4, 0.5) is 5.69 Å². The standard InChI is InChI=1S/C17H17N3O3/c1-12-6-8-13(9-7-12)11-18-20-17(22)16(21)19-14-4-3-5-15(10-14)23-2/h3-11H,1-2H3,(H,19,21)(H,20,22)/b18-11+. The van der Waals surface area contributed by atoms with Gasteiger partial charge in [0.25, 0.3) is 0 Å². The smallest absolute Gasteiger partial charge is 0.329 e. The number of nitrogens with zero attached hydrogens (tertiary/aromatic N) is 1. The summed E-state index contributed by atoms with van der Waals surface area (Å²) in [5.41, 5.74) is 4.60. The summed E-state index contributed by atoms with van der Waals surface area (Å²) < 4.78 is 5.04. The molecule has 0 aliphatic heterocycles. The highest BCUT2D eigenvalue weighted by atomic mass is 16.5.